The summed E-state index contributed by atoms with van der Waals surface area (Å²) >= 11 is 0. The highest BCUT2D eigenvalue weighted by Crippen LogP contribution is 2.42. The Balaban J connectivity index is 0.00000320. The predicted octanol–water partition coefficient (Wildman–Crippen LogP) is 6.34. The minimum Gasteiger partial charge on any atom is -0.455 e. The average Bonchev–Trinajstić information content (AvgIpc) is 3.64. The summed E-state index contributed by atoms with van der Waals surface area (Å²) in [5.74, 6) is 0.0103. The number of aryl methyl sites for hydroxylation is 2. The Bertz CT molecular complexity index is 1020. The van der Waals surface area contributed by atoms with Crippen LogP contribution < -0.4 is 4.74 Å². The molecule has 1 heterocycles. The fourth-order valence-electron chi connectivity index (χ4n) is 6.43. The number of carbonyl (C=O) groups excluding carboxylic acids is 1. The van der Waals surface area contributed by atoms with Crippen LogP contribution in [-0.2, 0) is 28.0 Å². The lowest BCUT2D eigenvalue weighted by Gasteiger charge is -2.35. The average molecular weight is 573 g/mol. The Kier molecular flexibility index (Phi) is 9.71. The molecule has 0 spiro atoms. The highest BCUT2D eigenvalue weighted by molar-refractivity contribution is 8.93. The molecule has 5 rings (SSSR count). The Morgan fingerprint density at radius 3 is 2.35 bits per heavy atom. The molecule has 2 fully saturated rings. The molecule has 2 aliphatic carbocycles. The first-order valence-corrected chi connectivity index (χ1v) is 14.1. The van der Waals surface area contributed by atoms with E-state index in [1.165, 1.54) is 36.8 Å². The van der Waals surface area contributed by atoms with Crippen molar-refractivity contribution in [3.63, 3.8) is 0 Å². The summed E-state index contributed by atoms with van der Waals surface area (Å²) in [6.07, 6.45) is 10.5. The fraction of sp³-hybridized carbons (Fsp3) is 0.581. The SMILES string of the molecule is Br.CC(C[C@@H](OC(=O)[C@](O)(c1ccccc1)C1CCCC1)Oc1ccc2c(c1)CCCC2)N1CCCC1. The first-order chi connectivity index (χ1) is 17.5. The molecular formula is C31H42BrNO4. The van der Waals surface area contributed by atoms with E-state index in [4.69, 9.17) is 9.47 Å². The third-order valence-electron chi connectivity index (χ3n) is 8.59. The zero-order valence-electron chi connectivity index (χ0n) is 22.1. The predicted molar refractivity (Wildman–Crippen MR) is 151 cm³/mol. The molecule has 6 heteroatoms. The molecule has 3 aliphatic rings. The maximum absolute atomic E-state index is 13.8. The number of rotatable bonds is 9. The number of esters is 1. The first kappa shape index (κ1) is 28.1. The van der Waals surface area contributed by atoms with Gasteiger partial charge in [-0.15, -0.1) is 17.0 Å². The molecule has 1 N–H and O–H groups in total. The summed E-state index contributed by atoms with van der Waals surface area (Å²) in [5, 5.41) is 11.9. The van der Waals surface area contributed by atoms with Crippen LogP contribution >= 0.6 is 17.0 Å². The lowest BCUT2D eigenvalue weighted by atomic mass is 9.80. The summed E-state index contributed by atoms with van der Waals surface area (Å²) in [7, 11) is 0. The topological polar surface area (TPSA) is 59.0 Å². The lowest BCUT2D eigenvalue weighted by molar-refractivity contribution is -0.195. The van der Waals surface area contributed by atoms with Gasteiger partial charge in [0.25, 0.3) is 0 Å². The van der Waals surface area contributed by atoms with Crippen molar-refractivity contribution in [3.8, 4) is 5.75 Å². The Morgan fingerprint density at radius 2 is 1.65 bits per heavy atom. The van der Waals surface area contributed by atoms with Crippen molar-refractivity contribution in [2.24, 2.45) is 5.92 Å². The second-order valence-electron chi connectivity index (χ2n) is 11.0. The Morgan fingerprint density at radius 1 is 0.973 bits per heavy atom. The number of nitrogens with zero attached hydrogens (tertiary/aromatic N) is 1. The second-order valence-corrected chi connectivity index (χ2v) is 11.0. The number of fused-ring (bicyclic) bond motifs is 1. The molecule has 0 aromatic heterocycles. The van der Waals surface area contributed by atoms with E-state index in [1.807, 2.05) is 36.4 Å². The molecule has 1 saturated carbocycles. The van der Waals surface area contributed by atoms with Gasteiger partial charge in [0.15, 0.2) is 5.60 Å². The van der Waals surface area contributed by atoms with Crippen LogP contribution in [0.25, 0.3) is 0 Å². The summed E-state index contributed by atoms with van der Waals surface area (Å²) in [5.41, 5.74) is 1.68. The van der Waals surface area contributed by atoms with Gasteiger partial charge in [0, 0.05) is 18.4 Å². The zero-order valence-corrected chi connectivity index (χ0v) is 23.8. The fourth-order valence-corrected chi connectivity index (χ4v) is 6.43. The first-order valence-electron chi connectivity index (χ1n) is 14.1. The molecule has 0 radical (unpaired) electrons. The summed E-state index contributed by atoms with van der Waals surface area (Å²) in [4.78, 5) is 16.3. The number of hydrogen-bond acceptors (Lipinski definition) is 5. The van der Waals surface area contributed by atoms with Gasteiger partial charge >= 0.3 is 5.97 Å². The van der Waals surface area contributed by atoms with E-state index in [9.17, 15) is 9.90 Å². The van der Waals surface area contributed by atoms with Gasteiger partial charge < -0.3 is 19.5 Å². The van der Waals surface area contributed by atoms with Gasteiger partial charge in [0.1, 0.15) is 5.75 Å². The summed E-state index contributed by atoms with van der Waals surface area (Å²) < 4.78 is 12.5. The second kappa shape index (κ2) is 12.8. The van der Waals surface area contributed by atoms with E-state index in [0.29, 0.717) is 12.0 Å². The Hall–Kier alpha value is -1.89. The maximum atomic E-state index is 13.8. The quantitative estimate of drug-likeness (QED) is 0.281. The van der Waals surface area contributed by atoms with Crippen LogP contribution in [0, 0.1) is 5.92 Å². The minimum absolute atomic E-state index is 0. The third-order valence-corrected chi connectivity index (χ3v) is 8.59. The molecule has 37 heavy (non-hydrogen) atoms. The van der Waals surface area contributed by atoms with Crippen molar-refractivity contribution in [2.45, 2.75) is 95.5 Å². The van der Waals surface area contributed by atoms with Crippen LogP contribution in [0.5, 0.6) is 5.75 Å². The van der Waals surface area contributed by atoms with Crippen LogP contribution in [0.1, 0.15) is 81.4 Å². The van der Waals surface area contributed by atoms with Gasteiger partial charge in [0.05, 0.1) is 0 Å². The number of aliphatic hydroxyl groups is 1. The van der Waals surface area contributed by atoms with E-state index >= 15 is 0 Å². The van der Waals surface area contributed by atoms with Crippen LogP contribution in [0.15, 0.2) is 48.5 Å². The molecule has 2 aromatic carbocycles. The van der Waals surface area contributed by atoms with E-state index < -0.39 is 17.9 Å². The molecule has 2 aromatic rings. The van der Waals surface area contributed by atoms with Crippen molar-refractivity contribution in [1.29, 1.82) is 0 Å². The highest BCUT2D eigenvalue weighted by atomic mass is 79.9. The van der Waals surface area contributed by atoms with Crippen molar-refractivity contribution >= 4 is 23.0 Å². The molecule has 202 valence electrons. The third kappa shape index (κ3) is 6.40. The number of benzene rings is 2. The van der Waals surface area contributed by atoms with E-state index in [-0.39, 0.29) is 28.9 Å². The van der Waals surface area contributed by atoms with Crippen LogP contribution in [0.4, 0.5) is 0 Å². The number of likely N-dealkylation sites (tertiary alicyclic amines) is 1. The molecule has 1 aliphatic heterocycles. The largest absolute Gasteiger partial charge is 0.455 e. The Labute approximate surface area is 232 Å². The highest BCUT2D eigenvalue weighted by Gasteiger charge is 2.48. The molecule has 1 saturated heterocycles. The van der Waals surface area contributed by atoms with E-state index in [2.05, 4.69) is 24.0 Å². The van der Waals surface area contributed by atoms with Crippen LogP contribution in [-0.4, -0.2) is 41.4 Å². The van der Waals surface area contributed by atoms with Gasteiger partial charge in [-0.1, -0.05) is 49.2 Å². The van der Waals surface area contributed by atoms with Gasteiger partial charge in [0.2, 0.25) is 6.29 Å². The molecule has 3 atom stereocenters. The van der Waals surface area contributed by atoms with Gasteiger partial charge in [-0.3, -0.25) is 0 Å². The standard InChI is InChI=1S/C31H41NO4.BrH/c1-23(32-19-9-10-20-32)21-29(35-28-18-17-24-11-5-6-12-25(24)22-28)36-30(33)31(34,27-15-7-8-16-27)26-13-3-2-4-14-26;/h2-4,13-14,17-18,22-23,27,29,34H,5-12,15-16,19-21H2,1H3;1H/t23?,29-,31+;/m1./s1. The van der Waals surface area contributed by atoms with Gasteiger partial charge in [-0.05, 0) is 100 Å². The van der Waals surface area contributed by atoms with Crippen molar-refractivity contribution in [1.82, 2.24) is 4.90 Å². The molecule has 1 unspecified atom stereocenters. The smallest absolute Gasteiger partial charge is 0.346 e. The molecule has 0 bridgehead atoms. The number of hydrogen-bond donors (Lipinski definition) is 1. The minimum atomic E-state index is -1.66. The molecule has 0 amide bonds. The van der Waals surface area contributed by atoms with Crippen LogP contribution in [0.3, 0.4) is 0 Å². The number of ether oxygens (including phenoxy) is 2. The lowest BCUT2D eigenvalue weighted by Crippen LogP contribution is -2.46. The van der Waals surface area contributed by atoms with Gasteiger partial charge in [-0.2, -0.15) is 0 Å². The van der Waals surface area contributed by atoms with Crippen molar-refractivity contribution < 1.29 is 19.4 Å². The summed E-state index contributed by atoms with van der Waals surface area (Å²) in [6, 6.07) is 15.8. The van der Waals surface area contributed by atoms with E-state index in [0.717, 1.165) is 57.4 Å². The van der Waals surface area contributed by atoms with E-state index in [1.54, 1.807) is 0 Å². The van der Waals surface area contributed by atoms with Gasteiger partial charge in [-0.25, -0.2) is 4.79 Å². The molecular weight excluding hydrogens is 530 g/mol. The van der Waals surface area contributed by atoms with Crippen molar-refractivity contribution in [3.05, 3.63) is 65.2 Å². The zero-order chi connectivity index (χ0) is 25.0. The summed E-state index contributed by atoms with van der Waals surface area (Å²) in [6.45, 7) is 4.32. The maximum Gasteiger partial charge on any atom is 0.346 e. The molecule has 5 nitrogen and oxygen atoms in total. The van der Waals surface area contributed by atoms with Crippen molar-refractivity contribution in [2.75, 3.05) is 13.1 Å². The monoisotopic (exact) mass is 571 g/mol. The number of carbonyl (C=O) groups is 1. The number of halogens is 1. The van der Waals surface area contributed by atoms with Crippen LogP contribution in [0.2, 0.25) is 0 Å². The normalized spacial score (nSPS) is 21.4.